The van der Waals surface area contributed by atoms with Gasteiger partial charge in [0.1, 0.15) is 0 Å². The lowest BCUT2D eigenvalue weighted by Gasteiger charge is -2.33. The van der Waals surface area contributed by atoms with Gasteiger partial charge < -0.3 is 10.5 Å². The van der Waals surface area contributed by atoms with E-state index in [1.54, 1.807) is 11.3 Å². The largest absolute Gasteiger partial charge is 0.375 e. The first kappa shape index (κ1) is 13.7. The number of nitrogens with two attached hydrogens (primary N) is 1. The molecule has 1 aromatic heterocycles. The predicted molar refractivity (Wildman–Crippen MR) is 81.9 cm³/mol. The van der Waals surface area contributed by atoms with E-state index in [1.165, 1.54) is 49.2 Å². The summed E-state index contributed by atoms with van der Waals surface area (Å²) in [6.07, 6.45) is 9.56. The fourth-order valence-electron chi connectivity index (χ4n) is 3.28. The molecule has 2 fully saturated rings. The summed E-state index contributed by atoms with van der Waals surface area (Å²) in [4.78, 5) is 4.27. The summed E-state index contributed by atoms with van der Waals surface area (Å²) in [5, 5.41) is 0.677. The lowest BCUT2D eigenvalue weighted by molar-refractivity contribution is -0.0555. The Morgan fingerprint density at radius 3 is 2.84 bits per heavy atom. The fourth-order valence-corrected chi connectivity index (χ4v) is 5.37. The number of rotatable bonds is 3. The molecule has 1 spiro atoms. The van der Waals surface area contributed by atoms with Gasteiger partial charge in [0.2, 0.25) is 0 Å². The Labute approximate surface area is 123 Å². The first-order chi connectivity index (χ1) is 9.17. The van der Waals surface area contributed by atoms with Gasteiger partial charge in [0.05, 0.1) is 21.6 Å². The van der Waals surface area contributed by atoms with E-state index in [4.69, 9.17) is 10.5 Å². The van der Waals surface area contributed by atoms with Gasteiger partial charge >= 0.3 is 0 Å². The number of thiazole rings is 1. The van der Waals surface area contributed by atoms with Crippen molar-refractivity contribution in [2.45, 2.75) is 67.8 Å². The number of nitrogens with zero attached hydrogens (tertiary/aromatic N) is 1. The highest BCUT2D eigenvalue weighted by Gasteiger charge is 2.40. The zero-order valence-corrected chi connectivity index (χ0v) is 13.1. The number of hydrogen-bond acceptors (Lipinski definition) is 5. The summed E-state index contributed by atoms with van der Waals surface area (Å²) in [5.74, 6) is 1.05. The van der Waals surface area contributed by atoms with Gasteiger partial charge in [-0.05, 0) is 32.6 Å². The summed E-state index contributed by atoms with van der Waals surface area (Å²) in [6.45, 7) is 2.04. The molecule has 19 heavy (non-hydrogen) atoms. The molecule has 3 nitrogen and oxygen atoms in total. The van der Waals surface area contributed by atoms with Crippen LogP contribution in [0, 0.1) is 6.92 Å². The summed E-state index contributed by atoms with van der Waals surface area (Å²) >= 11 is 3.46. The minimum absolute atomic E-state index is 0.241. The number of aryl methyl sites for hydroxylation is 1. The minimum Gasteiger partial charge on any atom is -0.375 e. The second-order valence-electron chi connectivity index (χ2n) is 5.76. The normalized spacial score (nSPS) is 26.1. The highest BCUT2D eigenvalue weighted by Crippen LogP contribution is 2.43. The van der Waals surface area contributed by atoms with E-state index in [2.05, 4.69) is 4.98 Å². The molecule has 106 valence electrons. The van der Waals surface area contributed by atoms with Crippen molar-refractivity contribution in [3.05, 3.63) is 5.69 Å². The van der Waals surface area contributed by atoms with E-state index in [1.807, 2.05) is 18.7 Å². The molecule has 1 aliphatic heterocycles. The summed E-state index contributed by atoms with van der Waals surface area (Å²) in [5.41, 5.74) is 7.05. The van der Waals surface area contributed by atoms with E-state index < -0.39 is 0 Å². The number of aromatic nitrogens is 1. The molecule has 0 radical (unpaired) electrons. The van der Waals surface area contributed by atoms with Crippen LogP contribution in [0.1, 0.15) is 50.6 Å². The molecule has 2 heterocycles. The van der Waals surface area contributed by atoms with Crippen LogP contribution in [0.4, 0.5) is 5.13 Å². The van der Waals surface area contributed by atoms with Crippen LogP contribution in [-0.4, -0.2) is 22.4 Å². The maximum atomic E-state index is 6.39. The Bertz CT molecular complexity index is 441. The van der Waals surface area contributed by atoms with Crippen molar-refractivity contribution in [2.24, 2.45) is 0 Å². The quantitative estimate of drug-likeness (QED) is 0.857. The van der Waals surface area contributed by atoms with Crippen molar-refractivity contribution < 1.29 is 4.74 Å². The van der Waals surface area contributed by atoms with Gasteiger partial charge in [-0.2, -0.15) is 0 Å². The Kier molecular flexibility index (Phi) is 4.06. The van der Waals surface area contributed by atoms with E-state index >= 15 is 0 Å². The maximum Gasteiger partial charge on any atom is 0.181 e. The standard InChI is InChI=1S/C14H22N2OS2/c1-10-12(19-13(15)16-10)18-9-11-5-8-14(17-11)6-3-2-4-7-14/h11H,2-9H2,1H3,(H2,15,16). The Morgan fingerprint density at radius 2 is 2.16 bits per heavy atom. The van der Waals surface area contributed by atoms with E-state index in [9.17, 15) is 0 Å². The highest BCUT2D eigenvalue weighted by molar-refractivity contribution is 8.01. The Balaban J connectivity index is 1.53. The number of hydrogen-bond donors (Lipinski definition) is 1. The number of nitrogen functional groups attached to an aromatic ring is 1. The molecule has 1 saturated carbocycles. The van der Waals surface area contributed by atoms with Crippen LogP contribution in [0.5, 0.6) is 0 Å². The van der Waals surface area contributed by atoms with Crippen LogP contribution >= 0.6 is 23.1 Å². The molecule has 1 aliphatic carbocycles. The maximum absolute atomic E-state index is 6.39. The molecule has 0 aromatic carbocycles. The van der Waals surface area contributed by atoms with Crippen LogP contribution in [0.15, 0.2) is 4.21 Å². The third-order valence-electron chi connectivity index (χ3n) is 4.27. The van der Waals surface area contributed by atoms with Crippen molar-refractivity contribution in [3.8, 4) is 0 Å². The second kappa shape index (κ2) is 5.62. The molecular weight excluding hydrogens is 276 g/mol. The van der Waals surface area contributed by atoms with Gasteiger partial charge in [0, 0.05) is 5.75 Å². The van der Waals surface area contributed by atoms with Crippen LogP contribution in [0.25, 0.3) is 0 Å². The highest BCUT2D eigenvalue weighted by atomic mass is 32.2. The van der Waals surface area contributed by atoms with Gasteiger partial charge in [0.25, 0.3) is 0 Å². The predicted octanol–water partition coefficient (Wildman–Crippen LogP) is 4.01. The molecule has 1 unspecified atom stereocenters. The number of thioether (sulfide) groups is 1. The molecular formula is C14H22N2OS2. The van der Waals surface area contributed by atoms with Gasteiger partial charge in [-0.25, -0.2) is 4.98 Å². The molecule has 0 bridgehead atoms. The van der Waals surface area contributed by atoms with Crippen molar-refractivity contribution >= 4 is 28.2 Å². The zero-order chi connectivity index (χ0) is 13.3. The Hall–Kier alpha value is -0.260. The molecule has 1 aromatic rings. The van der Waals surface area contributed by atoms with E-state index in [-0.39, 0.29) is 5.60 Å². The fraction of sp³-hybridized carbons (Fsp3) is 0.786. The van der Waals surface area contributed by atoms with Crippen molar-refractivity contribution in [1.82, 2.24) is 4.98 Å². The summed E-state index contributed by atoms with van der Waals surface area (Å²) in [6, 6.07) is 0. The van der Waals surface area contributed by atoms with Gasteiger partial charge in [-0.3, -0.25) is 0 Å². The van der Waals surface area contributed by atoms with Crippen molar-refractivity contribution in [1.29, 1.82) is 0 Å². The van der Waals surface area contributed by atoms with Crippen molar-refractivity contribution in [3.63, 3.8) is 0 Å². The average Bonchev–Trinajstić information content (AvgIpc) is 2.92. The van der Waals surface area contributed by atoms with Crippen LogP contribution in [0.3, 0.4) is 0 Å². The van der Waals surface area contributed by atoms with Gasteiger partial charge in [0.15, 0.2) is 5.13 Å². The number of anilines is 1. The first-order valence-corrected chi connectivity index (χ1v) is 9.01. The van der Waals surface area contributed by atoms with Crippen LogP contribution in [-0.2, 0) is 4.74 Å². The minimum atomic E-state index is 0.241. The third-order valence-corrected chi connectivity index (χ3v) is 6.76. The molecule has 5 heteroatoms. The number of ether oxygens (including phenoxy) is 1. The smallest absolute Gasteiger partial charge is 0.181 e. The SMILES string of the molecule is Cc1nc(N)sc1SCC1CCC2(CCCCC2)O1. The monoisotopic (exact) mass is 298 g/mol. The van der Waals surface area contributed by atoms with Gasteiger partial charge in [-0.15, -0.1) is 11.8 Å². The Morgan fingerprint density at radius 1 is 1.37 bits per heavy atom. The first-order valence-electron chi connectivity index (χ1n) is 7.20. The molecule has 2 N–H and O–H groups in total. The molecule has 1 atom stereocenters. The summed E-state index contributed by atoms with van der Waals surface area (Å²) in [7, 11) is 0. The van der Waals surface area contributed by atoms with Crippen molar-refractivity contribution in [2.75, 3.05) is 11.5 Å². The topological polar surface area (TPSA) is 48.1 Å². The van der Waals surface area contributed by atoms with Crippen LogP contribution < -0.4 is 5.73 Å². The lowest BCUT2D eigenvalue weighted by atomic mass is 9.83. The summed E-state index contributed by atoms with van der Waals surface area (Å²) < 4.78 is 7.65. The lowest BCUT2D eigenvalue weighted by Crippen LogP contribution is -2.32. The molecule has 3 rings (SSSR count). The van der Waals surface area contributed by atoms with Crippen LogP contribution in [0.2, 0.25) is 0 Å². The zero-order valence-electron chi connectivity index (χ0n) is 11.5. The average molecular weight is 298 g/mol. The van der Waals surface area contributed by atoms with E-state index in [0.29, 0.717) is 11.2 Å². The third kappa shape index (κ3) is 3.09. The molecule has 1 saturated heterocycles. The second-order valence-corrected chi connectivity index (χ2v) is 8.08. The van der Waals surface area contributed by atoms with Gasteiger partial charge in [-0.1, -0.05) is 30.6 Å². The molecule has 2 aliphatic rings. The van der Waals surface area contributed by atoms with E-state index in [0.717, 1.165) is 11.4 Å². The molecule has 0 amide bonds.